The summed E-state index contributed by atoms with van der Waals surface area (Å²) in [4.78, 5) is 19.1. The Hall–Kier alpha value is -1.65. The largest absolute Gasteiger partial charge is 0.341 e. The number of hydrogen-bond acceptors (Lipinski definition) is 3. The van der Waals surface area contributed by atoms with Crippen LogP contribution in [-0.4, -0.2) is 41.9 Å². The molecule has 1 fully saturated rings. The Morgan fingerprint density at radius 3 is 2.88 bits per heavy atom. The number of carbonyl (C=O) groups excluding carboxylic acids is 1. The molecule has 0 spiro atoms. The van der Waals surface area contributed by atoms with Gasteiger partial charge in [-0.3, -0.25) is 9.69 Å². The summed E-state index contributed by atoms with van der Waals surface area (Å²) in [5, 5.41) is 2.14. The molecule has 0 unspecified atom stereocenters. The van der Waals surface area contributed by atoms with Gasteiger partial charge in [0.2, 0.25) is 5.91 Å². The Morgan fingerprint density at radius 2 is 2.00 bits per heavy atom. The van der Waals surface area contributed by atoms with Gasteiger partial charge in [-0.2, -0.15) is 0 Å². The number of rotatable bonds is 3. The van der Waals surface area contributed by atoms with Crippen molar-refractivity contribution in [3.05, 3.63) is 57.8 Å². The third kappa shape index (κ3) is 3.26. The first-order chi connectivity index (χ1) is 11.8. The standard InChI is InChI=1S/C20H24N2OS/c23-20(19-9-8-16-5-1-2-7-18(16)19)22-11-4-10-21(12-13-22)15-17-6-3-14-24-17/h1-3,5-7,14,19H,4,8-13,15H2/t19-/m0/s1. The van der Waals surface area contributed by atoms with Gasteiger partial charge in [0.15, 0.2) is 0 Å². The van der Waals surface area contributed by atoms with Gasteiger partial charge >= 0.3 is 0 Å². The average molecular weight is 340 g/mol. The van der Waals surface area contributed by atoms with Crippen LogP contribution in [0.25, 0.3) is 0 Å². The van der Waals surface area contributed by atoms with Crippen LogP contribution >= 0.6 is 11.3 Å². The molecule has 2 aliphatic rings. The van der Waals surface area contributed by atoms with E-state index in [4.69, 9.17) is 0 Å². The van der Waals surface area contributed by atoms with Crippen molar-refractivity contribution in [2.45, 2.75) is 31.7 Å². The second kappa shape index (κ2) is 7.08. The van der Waals surface area contributed by atoms with E-state index < -0.39 is 0 Å². The lowest BCUT2D eigenvalue weighted by Crippen LogP contribution is -2.37. The van der Waals surface area contributed by atoms with Crippen LogP contribution in [0.3, 0.4) is 0 Å². The number of thiophene rings is 1. The van der Waals surface area contributed by atoms with Crippen molar-refractivity contribution in [3.63, 3.8) is 0 Å². The zero-order valence-corrected chi connectivity index (χ0v) is 14.8. The average Bonchev–Trinajstić information content (AvgIpc) is 3.20. The van der Waals surface area contributed by atoms with Crippen LogP contribution in [0, 0.1) is 0 Å². The number of amides is 1. The van der Waals surface area contributed by atoms with Crippen molar-refractivity contribution >= 4 is 17.2 Å². The highest BCUT2D eigenvalue weighted by atomic mass is 32.1. The molecular weight excluding hydrogens is 316 g/mol. The van der Waals surface area contributed by atoms with Gasteiger partial charge in [-0.25, -0.2) is 0 Å². The molecule has 1 aliphatic heterocycles. The van der Waals surface area contributed by atoms with E-state index in [2.05, 4.69) is 51.6 Å². The highest BCUT2D eigenvalue weighted by Crippen LogP contribution is 2.34. The fourth-order valence-electron chi connectivity index (χ4n) is 4.01. The molecule has 4 heteroatoms. The van der Waals surface area contributed by atoms with Crippen LogP contribution in [0.2, 0.25) is 0 Å². The minimum Gasteiger partial charge on any atom is -0.341 e. The zero-order valence-electron chi connectivity index (χ0n) is 14.0. The van der Waals surface area contributed by atoms with Crippen LogP contribution < -0.4 is 0 Å². The maximum atomic E-state index is 13.0. The van der Waals surface area contributed by atoms with E-state index in [1.807, 2.05) is 11.3 Å². The van der Waals surface area contributed by atoms with E-state index in [9.17, 15) is 4.79 Å². The number of benzene rings is 1. The minimum atomic E-state index is 0.0880. The molecular formula is C20H24N2OS. The third-order valence-corrected chi connectivity index (χ3v) is 6.15. The number of hydrogen-bond donors (Lipinski definition) is 0. The molecule has 126 valence electrons. The van der Waals surface area contributed by atoms with E-state index in [1.54, 1.807) is 0 Å². The monoisotopic (exact) mass is 340 g/mol. The highest BCUT2D eigenvalue weighted by Gasteiger charge is 2.32. The number of carbonyl (C=O) groups is 1. The van der Waals surface area contributed by atoms with Crippen LogP contribution in [0.4, 0.5) is 0 Å². The van der Waals surface area contributed by atoms with Gasteiger partial charge in [0.05, 0.1) is 5.92 Å². The van der Waals surface area contributed by atoms with E-state index >= 15 is 0 Å². The second-order valence-electron chi connectivity index (χ2n) is 6.82. The lowest BCUT2D eigenvalue weighted by Gasteiger charge is -2.25. The molecule has 1 aliphatic carbocycles. The fraction of sp³-hybridized carbons (Fsp3) is 0.450. The van der Waals surface area contributed by atoms with E-state index in [-0.39, 0.29) is 5.92 Å². The fourth-order valence-corrected chi connectivity index (χ4v) is 4.75. The van der Waals surface area contributed by atoms with Crippen LogP contribution in [0.15, 0.2) is 41.8 Å². The summed E-state index contributed by atoms with van der Waals surface area (Å²) < 4.78 is 0. The number of fused-ring (bicyclic) bond motifs is 1. The SMILES string of the molecule is O=C([C@H]1CCc2ccccc21)N1CCCN(Cc2cccs2)CC1. The van der Waals surface area contributed by atoms with Gasteiger partial charge in [-0.15, -0.1) is 11.3 Å². The first kappa shape index (κ1) is 15.9. The lowest BCUT2D eigenvalue weighted by molar-refractivity contribution is -0.132. The Labute approximate surface area is 147 Å². The molecule has 24 heavy (non-hydrogen) atoms. The molecule has 1 aromatic carbocycles. The molecule has 0 radical (unpaired) electrons. The van der Waals surface area contributed by atoms with E-state index in [1.165, 1.54) is 16.0 Å². The van der Waals surface area contributed by atoms with Crippen molar-refractivity contribution in [1.29, 1.82) is 0 Å². The summed E-state index contributed by atoms with van der Waals surface area (Å²) in [5.41, 5.74) is 2.63. The van der Waals surface area contributed by atoms with E-state index in [0.717, 1.165) is 52.0 Å². The predicted octanol–water partition coefficient (Wildman–Crippen LogP) is 3.51. The molecule has 1 aromatic heterocycles. The number of nitrogens with zero attached hydrogens (tertiary/aromatic N) is 2. The second-order valence-corrected chi connectivity index (χ2v) is 7.86. The van der Waals surface area contributed by atoms with Crippen molar-refractivity contribution < 1.29 is 4.79 Å². The minimum absolute atomic E-state index is 0.0880. The van der Waals surface area contributed by atoms with Crippen LogP contribution in [-0.2, 0) is 17.8 Å². The van der Waals surface area contributed by atoms with Crippen LogP contribution in [0.5, 0.6) is 0 Å². The molecule has 2 aromatic rings. The first-order valence-electron chi connectivity index (χ1n) is 8.92. The molecule has 3 nitrogen and oxygen atoms in total. The highest BCUT2D eigenvalue weighted by molar-refractivity contribution is 7.09. The Kier molecular flexibility index (Phi) is 4.67. The van der Waals surface area contributed by atoms with Gasteiger partial charge in [0.25, 0.3) is 0 Å². The van der Waals surface area contributed by atoms with Crippen LogP contribution in [0.1, 0.15) is 34.8 Å². The van der Waals surface area contributed by atoms with E-state index in [0.29, 0.717) is 5.91 Å². The molecule has 0 N–H and O–H groups in total. The molecule has 2 heterocycles. The van der Waals surface area contributed by atoms with Crippen molar-refractivity contribution in [2.75, 3.05) is 26.2 Å². The smallest absolute Gasteiger partial charge is 0.230 e. The molecule has 1 amide bonds. The summed E-state index contributed by atoms with van der Waals surface area (Å²) in [6.45, 7) is 4.86. The Balaban J connectivity index is 1.39. The first-order valence-corrected chi connectivity index (χ1v) is 9.80. The van der Waals surface area contributed by atoms with Gasteiger partial charge in [0, 0.05) is 37.6 Å². The summed E-state index contributed by atoms with van der Waals surface area (Å²) in [5.74, 6) is 0.433. The lowest BCUT2D eigenvalue weighted by atomic mass is 10.00. The maximum absolute atomic E-state index is 13.0. The quantitative estimate of drug-likeness (QED) is 0.854. The normalized spacial score (nSPS) is 21.5. The molecule has 0 bridgehead atoms. The Morgan fingerprint density at radius 1 is 1.08 bits per heavy atom. The van der Waals surface area contributed by atoms with Gasteiger partial charge < -0.3 is 4.90 Å². The summed E-state index contributed by atoms with van der Waals surface area (Å²) in [6, 6.07) is 12.8. The van der Waals surface area contributed by atoms with Crippen molar-refractivity contribution in [3.8, 4) is 0 Å². The Bertz CT molecular complexity index is 697. The summed E-state index contributed by atoms with van der Waals surface area (Å²) in [6.07, 6.45) is 3.10. The van der Waals surface area contributed by atoms with Crippen molar-refractivity contribution in [1.82, 2.24) is 9.80 Å². The van der Waals surface area contributed by atoms with Gasteiger partial charge in [-0.1, -0.05) is 30.3 Å². The number of aryl methyl sites for hydroxylation is 1. The third-order valence-electron chi connectivity index (χ3n) is 5.29. The maximum Gasteiger partial charge on any atom is 0.230 e. The molecule has 0 saturated carbocycles. The summed E-state index contributed by atoms with van der Waals surface area (Å²) in [7, 11) is 0. The molecule has 1 saturated heterocycles. The summed E-state index contributed by atoms with van der Waals surface area (Å²) >= 11 is 1.82. The molecule has 1 atom stereocenters. The van der Waals surface area contributed by atoms with Gasteiger partial charge in [0.1, 0.15) is 0 Å². The predicted molar refractivity (Wildman–Crippen MR) is 98.3 cm³/mol. The topological polar surface area (TPSA) is 23.6 Å². The van der Waals surface area contributed by atoms with Crippen molar-refractivity contribution in [2.24, 2.45) is 0 Å². The molecule has 4 rings (SSSR count). The zero-order chi connectivity index (χ0) is 16.4. The van der Waals surface area contributed by atoms with Gasteiger partial charge in [-0.05, 0) is 41.8 Å².